The fraction of sp³-hybridized carbons (Fsp3) is 0.533. The van der Waals surface area contributed by atoms with Gasteiger partial charge in [-0.3, -0.25) is 0 Å². The van der Waals surface area contributed by atoms with E-state index in [0.29, 0.717) is 11.5 Å². The molecule has 36 heavy (non-hydrogen) atoms. The van der Waals surface area contributed by atoms with Crippen LogP contribution in [0.5, 0.6) is 11.5 Å². The maximum atomic E-state index is 12.7. The summed E-state index contributed by atoms with van der Waals surface area (Å²) in [6, 6.07) is 4.56. The Kier molecular flexibility index (Phi) is 14.3. The zero-order valence-electron chi connectivity index (χ0n) is 23.4. The van der Waals surface area contributed by atoms with Crippen molar-refractivity contribution in [1.29, 1.82) is 0 Å². The number of methoxy groups -OCH3 is 1. The minimum absolute atomic E-state index is 0.167. The third-order valence-corrected chi connectivity index (χ3v) is 5.81. The van der Waals surface area contributed by atoms with E-state index in [-0.39, 0.29) is 12.5 Å². The van der Waals surface area contributed by atoms with Gasteiger partial charge < -0.3 is 19.5 Å². The molecule has 1 amide bonds. The van der Waals surface area contributed by atoms with Crippen LogP contribution in [-0.4, -0.2) is 31.8 Å². The highest BCUT2D eigenvalue weighted by atomic mass is 16.6. The summed E-state index contributed by atoms with van der Waals surface area (Å²) in [5.41, 5.74) is 4.97. The van der Waals surface area contributed by atoms with Crippen LogP contribution >= 0.6 is 0 Å². The molecule has 0 aliphatic heterocycles. The van der Waals surface area contributed by atoms with Crippen LogP contribution in [0.25, 0.3) is 0 Å². The standard InChI is InChI=1S/C30H45NO5/c1-9-25-16-17-26(27(20-25)34-8)36-30(33)31-28(22(4)5)29(32)35-19-18-24(7)15-11-14-23(6)13-10-12-21(2)3/h12,14,16-18,20,22,28H,9-11,13,15,19H2,1-8H3,(H,31,33)/b23-14+,24-18+/t28-/m0/s1. The molecule has 0 fully saturated rings. The van der Waals surface area contributed by atoms with E-state index >= 15 is 0 Å². The molecular formula is C30H45NO5. The summed E-state index contributed by atoms with van der Waals surface area (Å²) in [5, 5.41) is 2.63. The van der Waals surface area contributed by atoms with Crippen LogP contribution in [0, 0.1) is 5.92 Å². The summed E-state index contributed by atoms with van der Waals surface area (Å²) in [6.07, 6.45) is 10.6. The number of benzene rings is 1. The van der Waals surface area contributed by atoms with Crippen LogP contribution in [0.2, 0.25) is 0 Å². The number of allylic oxidation sites excluding steroid dienone is 5. The third kappa shape index (κ3) is 12.1. The molecule has 0 spiro atoms. The predicted molar refractivity (Wildman–Crippen MR) is 147 cm³/mol. The van der Waals surface area contributed by atoms with Crippen molar-refractivity contribution in [2.24, 2.45) is 5.92 Å². The number of amides is 1. The molecule has 0 unspecified atom stereocenters. The summed E-state index contributed by atoms with van der Waals surface area (Å²) in [6.45, 7) is 14.3. The summed E-state index contributed by atoms with van der Waals surface area (Å²) >= 11 is 0. The van der Waals surface area contributed by atoms with Crippen LogP contribution in [-0.2, 0) is 16.0 Å². The molecule has 0 saturated heterocycles. The highest BCUT2D eigenvalue weighted by Crippen LogP contribution is 2.28. The summed E-state index contributed by atoms with van der Waals surface area (Å²) in [5.74, 6) is 0.0998. The van der Waals surface area contributed by atoms with Gasteiger partial charge in [0.2, 0.25) is 0 Å². The Balaban J connectivity index is 2.57. The van der Waals surface area contributed by atoms with E-state index < -0.39 is 18.1 Å². The van der Waals surface area contributed by atoms with E-state index in [2.05, 4.69) is 38.2 Å². The van der Waals surface area contributed by atoms with Crippen LogP contribution in [0.1, 0.15) is 79.7 Å². The van der Waals surface area contributed by atoms with Crippen LogP contribution in [0.4, 0.5) is 4.79 Å². The first-order valence-electron chi connectivity index (χ1n) is 12.8. The molecule has 0 radical (unpaired) electrons. The van der Waals surface area contributed by atoms with Crippen molar-refractivity contribution < 1.29 is 23.8 Å². The van der Waals surface area contributed by atoms with Crippen molar-refractivity contribution in [3.8, 4) is 11.5 Å². The lowest BCUT2D eigenvalue weighted by Gasteiger charge is -2.20. The highest BCUT2D eigenvalue weighted by Gasteiger charge is 2.26. The molecular weight excluding hydrogens is 454 g/mol. The van der Waals surface area contributed by atoms with Crippen molar-refractivity contribution >= 4 is 12.1 Å². The van der Waals surface area contributed by atoms with Gasteiger partial charge in [0.1, 0.15) is 12.6 Å². The first-order chi connectivity index (χ1) is 17.1. The topological polar surface area (TPSA) is 73.9 Å². The molecule has 6 heteroatoms. The van der Waals surface area contributed by atoms with E-state index in [1.54, 1.807) is 6.07 Å². The molecule has 1 aromatic carbocycles. The molecule has 0 aliphatic carbocycles. The number of hydrogen-bond donors (Lipinski definition) is 1. The molecule has 0 saturated carbocycles. The van der Waals surface area contributed by atoms with Crippen molar-refractivity contribution in [1.82, 2.24) is 5.32 Å². The minimum Gasteiger partial charge on any atom is -0.493 e. The second-order valence-electron chi connectivity index (χ2n) is 9.68. The number of carbonyl (C=O) groups excluding carboxylic acids is 2. The second-order valence-corrected chi connectivity index (χ2v) is 9.68. The lowest BCUT2D eigenvalue weighted by atomic mass is 10.1. The number of ether oxygens (including phenoxy) is 3. The molecule has 0 aliphatic rings. The maximum Gasteiger partial charge on any atom is 0.413 e. The summed E-state index contributed by atoms with van der Waals surface area (Å²) in [4.78, 5) is 25.1. The van der Waals surface area contributed by atoms with Gasteiger partial charge in [-0.1, -0.05) is 55.7 Å². The molecule has 0 aromatic heterocycles. The first kappa shape index (κ1) is 31.0. The fourth-order valence-corrected chi connectivity index (χ4v) is 3.47. The van der Waals surface area contributed by atoms with E-state index in [1.807, 2.05) is 45.9 Å². The number of esters is 1. The summed E-state index contributed by atoms with van der Waals surface area (Å²) in [7, 11) is 1.52. The Hall–Kier alpha value is -3.02. The van der Waals surface area contributed by atoms with Gasteiger partial charge >= 0.3 is 12.1 Å². The number of hydrogen-bond acceptors (Lipinski definition) is 5. The number of rotatable bonds is 14. The summed E-state index contributed by atoms with van der Waals surface area (Å²) < 4.78 is 16.2. The molecule has 1 N–H and O–H groups in total. The Bertz CT molecular complexity index is 939. The van der Waals surface area contributed by atoms with Gasteiger partial charge in [0.25, 0.3) is 0 Å². The van der Waals surface area contributed by atoms with E-state index in [0.717, 1.165) is 43.2 Å². The molecule has 1 atom stereocenters. The van der Waals surface area contributed by atoms with Crippen LogP contribution < -0.4 is 14.8 Å². The van der Waals surface area contributed by atoms with E-state index in [4.69, 9.17) is 14.2 Å². The Labute approximate surface area is 217 Å². The van der Waals surface area contributed by atoms with Crippen molar-refractivity contribution in [3.05, 3.63) is 58.7 Å². The maximum absolute atomic E-state index is 12.7. The van der Waals surface area contributed by atoms with Gasteiger partial charge in [-0.2, -0.15) is 0 Å². The van der Waals surface area contributed by atoms with E-state index in [9.17, 15) is 9.59 Å². The zero-order chi connectivity index (χ0) is 27.1. The van der Waals surface area contributed by atoms with Crippen molar-refractivity contribution in [3.63, 3.8) is 0 Å². The number of aryl methyl sites for hydroxylation is 1. The van der Waals surface area contributed by atoms with Gasteiger partial charge in [-0.15, -0.1) is 0 Å². The van der Waals surface area contributed by atoms with Crippen molar-refractivity contribution in [2.75, 3.05) is 13.7 Å². The van der Waals surface area contributed by atoms with Gasteiger partial charge in [0, 0.05) is 0 Å². The predicted octanol–water partition coefficient (Wildman–Crippen LogP) is 7.33. The smallest absolute Gasteiger partial charge is 0.413 e. The third-order valence-electron chi connectivity index (χ3n) is 5.81. The van der Waals surface area contributed by atoms with Gasteiger partial charge in [-0.25, -0.2) is 9.59 Å². The normalized spacial score (nSPS) is 12.7. The Morgan fingerprint density at radius 2 is 1.58 bits per heavy atom. The average molecular weight is 500 g/mol. The van der Waals surface area contributed by atoms with Gasteiger partial charge in [0.05, 0.1) is 7.11 Å². The Morgan fingerprint density at radius 1 is 0.944 bits per heavy atom. The molecule has 0 bridgehead atoms. The lowest BCUT2D eigenvalue weighted by Crippen LogP contribution is -2.46. The fourth-order valence-electron chi connectivity index (χ4n) is 3.47. The van der Waals surface area contributed by atoms with Gasteiger partial charge in [0.15, 0.2) is 11.5 Å². The molecule has 1 aromatic rings. The molecule has 0 heterocycles. The highest BCUT2D eigenvalue weighted by molar-refractivity contribution is 5.82. The number of carbonyl (C=O) groups is 2. The minimum atomic E-state index is -0.821. The monoisotopic (exact) mass is 499 g/mol. The first-order valence-corrected chi connectivity index (χ1v) is 12.8. The average Bonchev–Trinajstić information content (AvgIpc) is 2.82. The Morgan fingerprint density at radius 3 is 2.17 bits per heavy atom. The SMILES string of the molecule is CCc1ccc(OC(=O)N[C@H](C(=O)OC/C=C(\C)CC/C=C(\C)CCC=C(C)C)C(C)C)c(OC)c1. The van der Waals surface area contributed by atoms with Gasteiger partial charge in [-0.05, 0) is 89.5 Å². The number of nitrogens with one attached hydrogen (secondary N) is 1. The zero-order valence-corrected chi connectivity index (χ0v) is 23.4. The van der Waals surface area contributed by atoms with Crippen LogP contribution in [0.15, 0.2) is 53.1 Å². The molecule has 6 nitrogen and oxygen atoms in total. The molecule has 1 rings (SSSR count). The second kappa shape index (κ2) is 16.6. The van der Waals surface area contributed by atoms with Crippen molar-refractivity contribution in [2.45, 2.75) is 86.6 Å². The van der Waals surface area contributed by atoms with Crippen LogP contribution in [0.3, 0.4) is 0 Å². The van der Waals surface area contributed by atoms with E-state index in [1.165, 1.54) is 18.3 Å². The molecule has 200 valence electrons. The lowest BCUT2D eigenvalue weighted by molar-refractivity contribution is -0.145. The largest absolute Gasteiger partial charge is 0.493 e. The quantitative estimate of drug-likeness (QED) is 0.214.